The van der Waals surface area contributed by atoms with Gasteiger partial charge in [0.1, 0.15) is 4.90 Å². The minimum atomic E-state index is -4.62. The van der Waals surface area contributed by atoms with Gasteiger partial charge in [0, 0.05) is 19.1 Å². The van der Waals surface area contributed by atoms with Crippen LogP contribution in [0.3, 0.4) is 0 Å². The molecule has 1 saturated carbocycles. The lowest BCUT2D eigenvalue weighted by atomic mass is 9.97. The summed E-state index contributed by atoms with van der Waals surface area (Å²) in [4.78, 5) is 12.8. The van der Waals surface area contributed by atoms with Crippen LogP contribution in [-0.2, 0) is 27.4 Å². The molecule has 2 fully saturated rings. The molecule has 1 aliphatic carbocycles. The molecule has 2 N–H and O–H groups in total. The van der Waals surface area contributed by atoms with Crippen molar-refractivity contribution in [2.45, 2.75) is 49.3 Å². The van der Waals surface area contributed by atoms with Gasteiger partial charge in [-0.3, -0.25) is 4.79 Å². The second-order valence-corrected chi connectivity index (χ2v) is 11.7. The number of benzene rings is 2. The third-order valence-electron chi connectivity index (χ3n) is 7.08. The van der Waals surface area contributed by atoms with Crippen LogP contribution in [0, 0.1) is 11.8 Å². The van der Waals surface area contributed by atoms with Crippen molar-refractivity contribution in [3.05, 3.63) is 64.7 Å². The van der Waals surface area contributed by atoms with Crippen LogP contribution < -0.4 is 10.6 Å². The molecule has 0 spiro atoms. The number of hydrogen-bond acceptors (Lipinski definition) is 4. The van der Waals surface area contributed by atoms with Crippen LogP contribution in [-0.4, -0.2) is 50.3 Å². The molecular formula is C25H29ClF3N3O3S. The molecule has 2 aromatic carbocycles. The van der Waals surface area contributed by atoms with E-state index in [0.717, 1.165) is 30.5 Å². The molecule has 2 aliphatic rings. The number of amides is 1. The highest BCUT2D eigenvalue weighted by molar-refractivity contribution is 7.89. The summed E-state index contributed by atoms with van der Waals surface area (Å²) in [6.45, 7) is 2.99. The molecule has 0 bridgehead atoms. The van der Waals surface area contributed by atoms with E-state index in [-0.39, 0.29) is 41.8 Å². The summed E-state index contributed by atoms with van der Waals surface area (Å²) in [5, 5.41) is 5.90. The summed E-state index contributed by atoms with van der Waals surface area (Å²) >= 11 is 5.98. The number of rotatable bonds is 8. The topological polar surface area (TPSA) is 78.5 Å². The van der Waals surface area contributed by atoms with Crippen LogP contribution in [0.15, 0.2) is 53.4 Å². The quantitative estimate of drug-likeness (QED) is 0.525. The zero-order chi connectivity index (χ0) is 26.1. The first-order valence-electron chi connectivity index (χ1n) is 11.9. The number of likely N-dealkylation sites (N-methyl/N-ethyl adjacent to an activating group) is 1. The standard InChI is InChI=1S/C25H29ClF3N3O3S/c1-2-30-22(12-16-6-4-3-5-7-16)24(33)31-21-10-8-17-14-32(15-19(17)21)36(34,35)23-11-9-18(13-20(23)26)25(27,28)29/h3-7,9,11,13,17,19,21-22,30H,2,8,10,12,14-15H2,1H3,(H,31,33)/t17-,19+,21+,22+/m1/s1. The van der Waals surface area contributed by atoms with Crippen molar-refractivity contribution in [2.24, 2.45) is 11.8 Å². The smallest absolute Gasteiger partial charge is 0.352 e. The van der Waals surface area contributed by atoms with Crippen LogP contribution in [0.4, 0.5) is 13.2 Å². The number of carbonyl (C=O) groups is 1. The molecule has 0 radical (unpaired) electrons. The van der Waals surface area contributed by atoms with E-state index in [1.165, 1.54) is 4.31 Å². The van der Waals surface area contributed by atoms with E-state index in [0.29, 0.717) is 19.0 Å². The molecule has 1 saturated heterocycles. The Morgan fingerprint density at radius 2 is 1.86 bits per heavy atom. The number of nitrogens with zero attached hydrogens (tertiary/aromatic N) is 1. The van der Waals surface area contributed by atoms with Crippen molar-refractivity contribution >= 4 is 27.5 Å². The van der Waals surface area contributed by atoms with E-state index in [2.05, 4.69) is 10.6 Å². The van der Waals surface area contributed by atoms with Gasteiger partial charge in [-0.25, -0.2) is 8.42 Å². The van der Waals surface area contributed by atoms with Gasteiger partial charge in [-0.15, -0.1) is 0 Å². The minimum absolute atomic E-state index is 0.0602. The van der Waals surface area contributed by atoms with Crippen molar-refractivity contribution < 1.29 is 26.4 Å². The zero-order valence-corrected chi connectivity index (χ0v) is 21.3. The highest BCUT2D eigenvalue weighted by atomic mass is 35.5. The van der Waals surface area contributed by atoms with Crippen molar-refractivity contribution in [1.82, 2.24) is 14.9 Å². The summed E-state index contributed by atoms with van der Waals surface area (Å²) in [5.74, 6) is -0.139. The largest absolute Gasteiger partial charge is 0.416 e. The Hall–Kier alpha value is -2.14. The molecule has 36 heavy (non-hydrogen) atoms. The van der Waals surface area contributed by atoms with E-state index in [4.69, 9.17) is 11.6 Å². The van der Waals surface area contributed by atoms with Crippen LogP contribution >= 0.6 is 11.6 Å². The number of sulfonamides is 1. The van der Waals surface area contributed by atoms with Gasteiger partial charge in [-0.05, 0) is 61.4 Å². The molecule has 1 heterocycles. The molecule has 1 aliphatic heterocycles. The first-order chi connectivity index (χ1) is 17.0. The second-order valence-electron chi connectivity index (χ2n) is 9.38. The molecule has 196 valence electrons. The Labute approximate surface area is 214 Å². The summed E-state index contributed by atoms with van der Waals surface area (Å²) < 4.78 is 66.7. The van der Waals surface area contributed by atoms with Crippen molar-refractivity contribution in [1.29, 1.82) is 0 Å². The Morgan fingerprint density at radius 1 is 1.14 bits per heavy atom. The van der Waals surface area contributed by atoms with Gasteiger partial charge < -0.3 is 10.6 Å². The second kappa shape index (κ2) is 10.7. The molecule has 6 nitrogen and oxygen atoms in total. The first kappa shape index (κ1) is 26.9. The fourth-order valence-electron chi connectivity index (χ4n) is 5.26. The number of halogens is 4. The van der Waals surface area contributed by atoms with Gasteiger partial charge in [0.25, 0.3) is 0 Å². The fourth-order valence-corrected chi connectivity index (χ4v) is 7.32. The number of hydrogen-bond donors (Lipinski definition) is 2. The van der Waals surface area contributed by atoms with Crippen molar-refractivity contribution in [2.75, 3.05) is 19.6 Å². The predicted octanol–water partition coefficient (Wildman–Crippen LogP) is 4.09. The molecule has 1 amide bonds. The normalized spacial score (nSPS) is 23.4. The van der Waals surface area contributed by atoms with Gasteiger partial charge in [0.05, 0.1) is 16.6 Å². The summed E-state index contributed by atoms with van der Waals surface area (Å²) in [7, 11) is -4.08. The first-order valence-corrected chi connectivity index (χ1v) is 13.8. The van der Waals surface area contributed by atoms with Crippen LogP contribution in [0.5, 0.6) is 0 Å². The Bertz CT molecular complexity index is 1190. The Kier molecular flexibility index (Phi) is 7.99. The maximum atomic E-state index is 13.2. The Morgan fingerprint density at radius 3 is 2.50 bits per heavy atom. The van der Waals surface area contributed by atoms with Gasteiger partial charge in [0.2, 0.25) is 15.9 Å². The van der Waals surface area contributed by atoms with Crippen LogP contribution in [0.25, 0.3) is 0 Å². The monoisotopic (exact) mass is 543 g/mol. The zero-order valence-electron chi connectivity index (χ0n) is 19.8. The summed E-state index contributed by atoms with van der Waals surface area (Å²) in [6, 6.07) is 11.4. The van der Waals surface area contributed by atoms with Crippen LogP contribution in [0.1, 0.15) is 30.9 Å². The lowest BCUT2D eigenvalue weighted by molar-refractivity contribution is -0.137. The highest BCUT2D eigenvalue weighted by Gasteiger charge is 2.47. The predicted molar refractivity (Wildman–Crippen MR) is 131 cm³/mol. The molecule has 0 unspecified atom stereocenters. The fraction of sp³-hybridized carbons (Fsp3) is 0.480. The maximum absolute atomic E-state index is 13.2. The van der Waals surface area contributed by atoms with Gasteiger partial charge >= 0.3 is 6.18 Å². The van der Waals surface area contributed by atoms with Crippen molar-refractivity contribution in [3.8, 4) is 0 Å². The SMILES string of the molecule is CCN[C@@H](Cc1ccccc1)C(=O)N[C@H]1CC[C@@H]2CN(S(=O)(=O)c3ccc(C(F)(F)F)cc3Cl)C[C@@H]21. The highest BCUT2D eigenvalue weighted by Crippen LogP contribution is 2.41. The average Bonchev–Trinajstić information content (AvgIpc) is 3.41. The van der Waals surface area contributed by atoms with Gasteiger partial charge in [0.15, 0.2) is 0 Å². The summed E-state index contributed by atoms with van der Waals surface area (Å²) in [6.07, 6.45) is -2.57. The molecule has 0 aromatic heterocycles. The number of carbonyl (C=O) groups excluding carboxylic acids is 1. The van der Waals surface area contributed by atoms with E-state index >= 15 is 0 Å². The molecule has 2 aromatic rings. The molecule has 4 atom stereocenters. The van der Waals surface area contributed by atoms with Crippen molar-refractivity contribution in [3.63, 3.8) is 0 Å². The third kappa shape index (κ3) is 5.72. The van der Waals surface area contributed by atoms with E-state index in [1.54, 1.807) is 0 Å². The van der Waals surface area contributed by atoms with Gasteiger partial charge in [-0.1, -0.05) is 48.9 Å². The summed E-state index contributed by atoms with van der Waals surface area (Å²) in [5.41, 5.74) is 0.0349. The van der Waals surface area contributed by atoms with Crippen LogP contribution in [0.2, 0.25) is 5.02 Å². The number of nitrogens with one attached hydrogen (secondary N) is 2. The van der Waals surface area contributed by atoms with E-state index in [1.807, 2.05) is 37.3 Å². The van der Waals surface area contributed by atoms with E-state index in [9.17, 15) is 26.4 Å². The maximum Gasteiger partial charge on any atom is 0.416 e. The molecular weight excluding hydrogens is 515 g/mol. The van der Waals surface area contributed by atoms with Gasteiger partial charge in [-0.2, -0.15) is 17.5 Å². The van der Waals surface area contributed by atoms with E-state index < -0.39 is 32.8 Å². The lowest BCUT2D eigenvalue weighted by Gasteiger charge is -2.25. The number of alkyl halides is 3. The number of fused-ring (bicyclic) bond motifs is 1. The Balaban J connectivity index is 1.44. The third-order valence-corrected chi connectivity index (χ3v) is 9.39. The minimum Gasteiger partial charge on any atom is -0.352 e. The average molecular weight is 544 g/mol. The molecule has 11 heteroatoms. The molecule has 4 rings (SSSR count). The lowest BCUT2D eigenvalue weighted by Crippen LogP contribution is -2.50.